The monoisotopic (exact) mass is 256 g/mol. The molecule has 2 rings (SSSR count). The summed E-state index contributed by atoms with van der Waals surface area (Å²) in [5.41, 5.74) is 0. The van der Waals surface area contributed by atoms with Gasteiger partial charge in [-0.05, 0) is 0 Å². The molecule has 16 heavy (non-hydrogen) atoms. The van der Waals surface area contributed by atoms with E-state index in [1.54, 1.807) is 5.38 Å². The van der Waals surface area contributed by atoms with Crippen LogP contribution >= 0.6 is 11.3 Å². The van der Waals surface area contributed by atoms with E-state index in [9.17, 15) is 13.0 Å². The van der Waals surface area contributed by atoms with Crippen molar-refractivity contribution in [3.63, 3.8) is 0 Å². The standard InChI is InChI=1S/C8H10O5S2.Li/c9-15(10,11)2-1-6-3-12-7-4-14-5-8(7)13-6;/h4-6H,1-3H2,(H,9,10,11);/q;+1/p-1. The van der Waals surface area contributed by atoms with Crippen LogP contribution < -0.4 is 28.3 Å². The molecule has 2 heterocycles. The molecular weight excluding hydrogens is 247 g/mol. The van der Waals surface area contributed by atoms with E-state index in [4.69, 9.17) is 9.47 Å². The van der Waals surface area contributed by atoms with Crippen LogP contribution in [0.5, 0.6) is 11.5 Å². The van der Waals surface area contributed by atoms with Crippen LogP contribution in [0, 0.1) is 0 Å². The maximum absolute atomic E-state index is 10.4. The van der Waals surface area contributed by atoms with Crippen molar-refractivity contribution in [1.29, 1.82) is 0 Å². The van der Waals surface area contributed by atoms with Gasteiger partial charge in [-0.15, -0.1) is 11.3 Å². The second kappa shape index (κ2) is 5.43. The van der Waals surface area contributed by atoms with Crippen LogP contribution in [0.4, 0.5) is 0 Å². The zero-order chi connectivity index (χ0) is 10.9. The van der Waals surface area contributed by atoms with Crippen LogP contribution in [-0.4, -0.2) is 31.4 Å². The second-order valence-electron chi connectivity index (χ2n) is 3.20. The number of rotatable bonds is 3. The zero-order valence-corrected chi connectivity index (χ0v) is 10.3. The summed E-state index contributed by atoms with van der Waals surface area (Å²) in [6, 6.07) is 0. The van der Waals surface area contributed by atoms with Crippen LogP contribution in [-0.2, 0) is 10.1 Å². The van der Waals surface area contributed by atoms with Gasteiger partial charge in [0.2, 0.25) is 0 Å². The largest absolute Gasteiger partial charge is 1.00 e. The van der Waals surface area contributed by atoms with Gasteiger partial charge in [0.25, 0.3) is 0 Å². The first-order valence-corrected chi connectivity index (χ1v) is 6.86. The van der Waals surface area contributed by atoms with Crippen molar-refractivity contribution in [3.05, 3.63) is 10.8 Å². The van der Waals surface area contributed by atoms with Crippen molar-refractivity contribution < 1.29 is 41.3 Å². The molecule has 0 saturated carbocycles. The molecule has 0 spiro atoms. The van der Waals surface area contributed by atoms with Crippen molar-refractivity contribution in [2.24, 2.45) is 0 Å². The van der Waals surface area contributed by atoms with Crippen LogP contribution in [0.25, 0.3) is 0 Å². The van der Waals surface area contributed by atoms with E-state index in [-0.39, 0.29) is 31.4 Å². The molecule has 0 radical (unpaired) electrons. The molecule has 84 valence electrons. The number of thiophene rings is 1. The Balaban J connectivity index is 0.00000128. The average Bonchev–Trinajstić information content (AvgIpc) is 2.60. The summed E-state index contributed by atoms with van der Waals surface area (Å²) >= 11 is 1.45. The fourth-order valence-corrected chi connectivity index (χ4v) is 2.50. The molecule has 0 aromatic carbocycles. The Morgan fingerprint density at radius 3 is 2.81 bits per heavy atom. The Bertz CT molecular complexity index is 441. The number of ether oxygens (including phenoxy) is 2. The smallest absolute Gasteiger partial charge is 0.748 e. The molecule has 0 N–H and O–H groups in total. The average molecular weight is 256 g/mol. The van der Waals surface area contributed by atoms with Crippen molar-refractivity contribution in [2.45, 2.75) is 12.5 Å². The van der Waals surface area contributed by atoms with Crippen molar-refractivity contribution >= 4 is 21.5 Å². The third-order valence-electron chi connectivity index (χ3n) is 2.00. The summed E-state index contributed by atoms with van der Waals surface area (Å²) in [6.07, 6.45) is -0.183. The Morgan fingerprint density at radius 2 is 2.12 bits per heavy atom. The first-order chi connectivity index (χ1) is 7.04. The van der Waals surface area contributed by atoms with Gasteiger partial charge in [0, 0.05) is 22.9 Å². The fraction of sp³-hybridized carbons (Fsp3) is 0.500. The summed E-state index contributed by atoms with van der Waals surface area (Å²) in [5.74, 6) is 0.890. The SMILES string of the molecule is O=S(=O)([O-])CCC1COc2cscc2O1.[Li+]. The molecule has 8 heteroatoms. The predicted molar refractivity (Wildman–Crippen MR) is 53.4 cm³/mol. The topological polar surface area (TPSA) is 75.7 Å². The van der Waals surface area contributed by atoms with E-state index < -0.39 is 15.9 Å². The number of hydrogen-bond donors (Lipinski definition) is 0. The molecule has 0 aliphatic carbocycles. The summed E-state index contributed by atoms with van der Waals surface area (Å²) in [4.78, 5) is 0. The molecule has 5 nitrogen and oxygen atoms in total. The molecule has 0 amide bonds. The van der Waals surface area contributed by atoms with E-state index in [1.165, 1.54) is 11.3 Å². The molecule has 1 aromatic rings. The Kier molecular flexibility index (Phi) is 4.70. The molecule has 0 bridgehead atoms. The maximum atomic E-state index is 10.4. The van der Waals surface area contributed by atoms with Crippen molar-refractivity contribution in [1.82, 2.24) is 0 Å². The quantitative estimate of drug-likeness (QED) is 0.454. The first kappa shape index (κ1) is 13.9. The number of hydrogen-bond acceptors (Lipinski definition) is 6. The maximum Gasteiger partial charge on any atom is 1.00 e. The van der Waals surface area contributed by atoms with Gasteiger partial charge in [0.05, 0.1) is 10.1 Å². The minimum atomic E-state index is -4.17. The molecule has 1 unspecified atom stereocenters. The summed E-state index contributed by atoms with van der Waals surface area (Å²) in [7, 11) is -4.17. The van der Waals surface area contributed by atoms with E-state index in [2.05, 4.69) is 0 Å². The van der Waals surface area contributed by atoms with E-state index in [1.807, 2.05) is 5.38 Å². The summed E-state index contributed by atoms with van der Waals surface area (Å²) in [5, 5.41) is 3.60. The van der Waals surface area contributed by atoms with Crippen LogP contribution in [0.15, 0.2) is 10.8 Å². The van der Waals surface area contributed by atoms with Gasteiger partial charge in [0.1, 0.15) is 12.7 Å². The Labute approximate surface area is 110 Å². The minimum Gasteiger partial charge on any atom is -0.748 e. The third-order valence-corrected chi connectivity index (χ3v) is 3.44. The predicted octanol–water partition coefficient (Wildman–Crippen LogP) is -2.17. The Hall–Kier alpha value is -0.193. The van der Waals surface area contributed by atoms with Gasteiger partial charge in [0.15, 0.2) is 11.5 Å². The molecule has 0 fully saturated rings. The number of fused-ring (bicyclic) bond motifs is 1. The second-order valence-corrected chi connectivity index (χ2v) is 5.47. The summed E-state index contributed by atoms with van der Waals surface area (Å²) in [6.45, 7) is 0.291. The molecule has 1 atom stereocenters. The van der Waals surface area contributed by atoms with Crippen molar-refractivity contribution in [2.75, 3.05) is 12.4 Å². The molecule has 0 saturated heterocycles. The van der Waals surface area contributed by atoms with Gasteiger partial charge in [-0.1, -0.05) is 0 Å². The van der Waals surface area contributed by atoms with Gasteiger partial charge in [-0.2, -0.15) is 0 Å². The summed E-state index contributed by atoms with van der Waals surface area (Å²) < 4.78 is 42.0. The minimum absolute atomic E-state index is 0. The van der Waals surface area contributed by atoms with Crippen molar-refractivity contribution in [3.8, 4) is 11.5 Å². The zero-order valence-electron chi connectivity index (χ0n) is 8.71. The van der Waals surface area contributed by atoms with E-state index in [0.29, 0.717) is 18.1 Å². The van der Waals surface area contributed by atoms with Gasteiger partial charge in [-0.25, -0.2) is 8.42 Å². The molecule has 1 aliphatic heterocycles. The molecular formula is C8H9LiO5S2. The van der Waals surface area contributed by atoms with Gasteiger partial charge >= 0.3 is 18.9 Å². The fourth-order valence-electron chi connectivity index (χ4n) is 1.28. The first-order valence-electron chi connectivity index (χ1n) is 4.34. The van der Waals surface area contributed by atoms with Crippen LogP contribution in [0.1, 0.15) is 6.42 Å². The van der Waals surface area contributed by atoms with Gasteiger partial charge < -0.3 is 14.0 Å². The molecule has 1 aliphatic rings. The van der Waals surface area contributed by atoms with E-state index in [0.717, 1.165) is 0 Å². The van der Waals surface area contributed by atoms with Gasteiger partial charge in [-0.3, -0.25) is 0 Å². The van der Waals surface area contributed by atoms with E-state index >= 15 is 0 Å². The third kappa shape index (κ3) is 3.68. The van der Waals surface area contributed by atoms with Crippen LogP contribution in [0.2, 0.25) is 0 Å². The normalized spacial score (nSPS) is 18.9. The Morgan fingerprint density at radius 1 is 1.44 bits per heavy atom. The van der Waals surface area contributed by atoms with Crippen LogP contribution in [0.3, 0.4) is 0 Å². The molecule has 1 aromatic heterocycles.